The van der Waals surface area contributed by atoms with Gasteiger partial charge in [0.05, 0.1) is 6.54 Å². The minimum atomic E-state index is -0.803. The number of hydrogen-bond acceptors (Lipinski definition) is 5. The number of hydrogen-bond donors (Lipinski definition) is 1. The van der Waals surface area contributed by atoms with E-state index in [1.54, 1.807) is 0 Å². The van der Waals surface area contributed by atoms with Gasteiger partial charge in [-0.25, -0.2) is 0 Å². The van der Waals surface area contributed by atoms with Crippen LogP contribution in [0, 0.1) is 0 Å². The number of benzene rings is 1. The van der Waals surface area contributed by atoms with Crippen molar-refractivity contribution in [2.24, 2.45) is 0 Å². The van der Waals surface area contributed by atoms with Crippen molar-refractivity contribution in [3.8, 4) is 0 Å². The fourth-order valence-corrected chi connectivity index (χ4v) is 2.52. The quantitative estimate of drug-likeness (QED) is 0.915. The zero-order chi connectivity index (χ0) is 14.1. The highest BCUT2D eigenvalue weighted by atomic mass is 16.5. The van der Waals surface area contributed by atoms with Gasteiger partial charge < -0.3 is 14.5 Å². The highest BCUT2D eigenvalue weighted by Gasteiger charge is 2.33. The Balaban J connectivity index is 1.86. The molecule has 1 aliphatic heterocycles. The van der Waals surface area contributed by atoms with E-state index in [2.05, 4.69) is 10.1 Å². The molecule has 0 fully saturated rings. The molecule has 0 saturated heterocycles. The van der Waals surface area contributed by atoms with E-state index < -0.39 is 11.9 Å². The third kappa shape index (κ3) is 2.13. The Bertz CT molecular complexity index is 638. The molecule has 20 heavy (non-hydrogen) atoms. The monoisotopic (exact) mass is 273 g/mol. The van der Waals surface area contributed by atoms with Crippen LogP contribution in [0.15, 0.2) is 28.8 Å². The lowest BCUT2D eigenvalue weighted by Crippen LogP contribution is -2.24. The Kier molecular flexibility index (Phi) is 3.14. The fraction of sp³-hybridized carbons (Fsp3) is 0.357. The van der Waals surface area contributed by atoms with Crippen LogP contribution in [-0.4, -0.2) is 27.8 Å². The molecule has 0 amide bonds. The molecule has 1 aromatic heterocycles. The number of aryl methyl sites for hydroxylation is 1. The van der Waals surface area contributed by atoms with Gasteiger partial charge in [0.15, 0.2) is 5.82 Å². The van der Waals surface area contributed by atoms with Crippen molar-refractivity contribution in [3.63, 3.8) is 0 Å². The third-order valence-corrected chi connectivity index (χ3v) is 3.50. The van der Waals surface area contributed by atoms with Gasteiger partial charge in [0.25, 0.3) is 0 Å². The number of nitrogens with zero attached hydrogens (tertiary/aromatic N) is 3. The maximum atomic E-state index is 11.3. The van der Waals surface area contributed by atoms with E-state index in [9.17, 15) is 9.90 Å². The van der Waals surface area contributed by atoms with Crippen LogP contribution >= 0.6 is 0 Å². The molecule has 1 aromatic carbocycles. The summed E-state index contributed by atoms with van der Waals surface area (Å²) < 4.78 is 5.08. The van der Waals surface area contributed by atoms with Crippen molar-refractivity contribution in [3.05, 3.63) is 41.5 Å². The normalized spacial score (nSPS) is 17.2. The van der Waals surface area contributed by atoms with Crippen LogP contribution in [0.5, 0.6) is 0 Å². The first-order chi connectivity index (χ1) is 9.69. The Morgan fingerprint density at radius 2 is 2.30 bits per heavy atom. The first kappa shape index (κ1) is 12.7. The Morgan fingerprint density at radius 1 is 1.50 bits per heavy atom. The van der Waals surface area contributed by atoms with E-state index in [4.69, 9.17) is 4.52 Å². The Morgan fingerprint density at radius 3 is 3.00 bits per heavy atom. The van der Waals surface area contributed by atoms with Crippen LogP contribution in [-0.2, 0) is 17.8 Å². The summed E-state index contributed by atoms with van der Waals surface area (Å²) in [6, 6.07) is 7.56. The van der Waals surface area contributed by atoms with Crippen molar-refractivity contribution >= 4 is 11.7 Å². The van der Waals surface area contributed by atoms with E-state index in [-0.39, 0.29) is 0 Å². The van der Waals surface area contributed by atoms with E-state index in [1.807, 2.05) is 36.1 Å². The number of para-hydroxylation sites is 1. The van der Waals surface area contributed by atoms with Crippen molar-refractivity contribution in [1.82, 2.24) is 10.1 Å². The molecule has 1 atom stereocenters. The molecule has 104 valence electrons. The van der Waals surface area contributed by atoms with Gasteiger partial charge in [0, 0.05) is 18.7 Å². The standard InChI is InChI=1S/C14H15N3O3/c1-2-13-15-12(16-20-13)8-17-7-10(14(18)19)9-5-3-4-6-11(9)17/h3-6,10H,2,7-8H2,1H3,(H,18,19). The molecule has 1 N–H and O–H groups in total. The highest BCUT2D eigenvalue weighted by Crippen LogP contribution is 2.36. The molecular weight excluding hydrogens is 258 g/mol. The van der Waals surface area contributed by atoms with Gasteiger partial charge in [-0.05, 0) is 11.6 Å². The number of anilines is 1. The van der Waals surface area contributed by atoms with Gasteiger partial charge in [0.1, 0.15) is 5.92 Å². The zero-order valence-corrected chi connectivity index (χ0v) is 11.1. The summed E-state index contributed by atoms with van der Waals surface area (Å²) >= 11 is 0. The molecule has 6 nitrogen and oxygen atoms in total. The molecule has 2 heterocycles. The van der Waals surface area contributed by atoms with Gasteiger partial charge in [-0.3, -0.25) is 4.79 Å². The zero-order valence-electron chi connectivity index (χ0n) is 11.1. The summed E-state index contributed by atoms with van der Waals surface area (Å²) in [5.74, 6) is -0.115. The number of carbonyl (C=O) groups is 1. The van der Waals surface area contributed by atoms with Crippen molar-refractivity contribution in [2.45, 2.75) is 25.8 Å². The SMILES string of the molecule is CCc1nc(CN2CC(C(=O)O)c3ccccc32)no1. The fourth-order valence-electron chi connectivity index (χ4n) is 2.52. The van der Waals surface area contributed by atoms with E-state index in [0.717, 1.165) is 11.3 Å². The predicted molar refractivity (Wildman–Crippen MR) is 71.5 cm³/mol. The van der Waals surface area contributed by atoms with Crippen LogP contribution in [0.2, 0.25) is 0 Å². The third-order valence-electron chi connectivity index (χ3n) is 3.50. The molecule has 0 bridgehead atoms. The van der Waals surface area contributed by atoms with E-state index >= 15 is 0 Å². The molecule has 3 rings (SSSR count). The number of carboxylic acid groups (broad SMARTS) is 1. The van der Waals surface area contributed by atoms with Crippen molar-refractivity contribution in [1.29, 1.82) is 0 Å². The van der Waals surface area contributed by atoms with E-state index in [1.165, 1.54) is 0 Å². The number of rotatable bonds is 4. The minimum absolute atomic E-state index is 0.435. The van der Waals surface area contributed by atoms with Gasteiger partial charge in [-0.15, -0.1) is 0 Å². The predicted octanol–water partition coefficient (Wildman–Crippen LogP) is 1.82. The summed E-state index contributed by atoms with van der Waals surface area (Å²) in [4.78, 5) is 17.6. The Hall–Kier alpha value is -2.37. The molecular formula is C14H15N3O3. The van der Waals surface area contributed by atoms with Crippen LogP contribution in [0.3, 0.4) is 0 Å². The summed E-state index contributed by atoms with van der Waals surface area (Å²) in [5, 5.41) is 13.2. The average molecular weight is 273 g/mol. The van der Waals surface area contributed by atoms with Crippen LogP contribution in [0.1, 0.15) is 30.1 Å². The van der Waals surface area contributed by atoms with Gasteiger partial charge in [0.2, 0.25) is 5.89 Å². The molecule has 0 radical (unpaired) electrons. The summed E-state index contributed by atoms with van der Waals surface area (Å²) in [5.41, 5.74) is 1.78. The number of aliphatic carboxylic acids is 1. The molecule has 0 spiro atoms. The van der Waals surface area contributed by atoms with Gasteiger partial charge in [-0.1, -0.05) is 30.3 Å². The first-order valence-corrected chi connectivity index (χ1v) is 6.57. The lowest BCUT2D eigenvalue weighted by Gasteiger charge is -2.16. The molecule has 2 aromatic rings. The van der Waals surface area contributed by atoms with Gasteiger partial charge in [-0.2, -0.15) is 4.98 Å². The first-order valence-electron chi connectivity index (χ1n) is 6.57. The molecule has 0 aliphatic carbocycles. The van der Waals surface area contributed by atoms with Crippen molar-refractivity contribution in [2.75, 3.05) is 11.4 Å². The summed E-state index contributed by atoms with van der Waals surface area (Å²) in [6.07, 6.45) is 0.696. The van der Waals surface area contributed by atoms with Crippen molar-refractivity contribution < 1.29 is 14.4 Å². The maximum Gasteiger partial charge on any atom is 0.312 e. The van der Waals surface area contributed by atoms with E-state index in [0.29, 0.717) is 31.2 Å². The molecule has 6 heteroatoms. The molecule has 1 aliphatic rings. The smallest absolute Gasteiger partial charge is 0.312 e. The van der Waals surface area contributed by atoms with Crippen LogP contribution in [0.25, 0.3) is 0 Å². The maximum absolute atomic E-state index is 11.3. The van der Waals surface area contributed by atoms with Gasteiger partial charge >= 0.3 is 5.97 Å². The van der Waals surface area contributed by atoms with Crippen LogP contribution < -0.4 is 4.90 Å². The lowest BCUT2D eigenvalue weighted by molar-refractivity contribution is -0.138. The largest absolute Gasteiger partial charge is 0.481 e. The summed E-state index contributed by atoms with van der Waals surface area (Å²) in [7, 11) is 0. The second kappa shape index (κ2) is 4.96. The summed E-state index contributed by atoms with van der Waals surface area (Å²) in [6.45, 7) is 2.85. The highest BCUT2D eigenvalue weighted by molar-refractivity contribution is 5.82. The lowest BCUT2D eigenvalue weighted by atomic mass is 10.0. The average Bonchev–Trinajstić information content (AvgIpc) is 3.04. The number of carboxylic acids is 1. The molecule has 1 unspecified atom stereocenters. The number of aromatic nitrogens is 2. The topological polar surface area (TPSA) is 79.5 Å². The second-order valence-electron chi connectivity index (χ2n) is 4.79. The minimum Gasteiger partial charge on any atom is -0.481 e. The number of fused-ring (bicyclic) bond motifs is 1. The second-order valence-corrected chi connectivity index (χ2v) is 4.79. The van der Waals surface area contributed by atoms with Crippen LogP contribution in [0.4, 0.5) is 5.69 Å². The molecule has 0 saturated carbocycles. The Labute approximate surface area is 116 Å².